The Kier molecular flexibility index (Phi) is 8.32. The topological polar surface area (TPSA) is 111 Å². The summed E-state index contributed by atoms with van der Waals surface area (Å²) in [7, 11) is -0.208. The zero-order valence-corrected chi connectivity index (χ0v) is 21.6. The number of hydrogen-bond acceptors (Lipinski definition) is 5. The Morgan fingerprint density at radius 2 is 1.86 bits per heavy atom. The van der Waals surface area contributed by atoms with Gasteiger partial charge >= 0.3 is 7.60 Å². The van der Waals surface area contributed by atoms with Crippen molar-refractivity contribution in [2.24, 2.45) is 5.92 Å². The molecule has 4 N–H and O–H groups in total. The number of rotatable bonds is 12. The van der Waals surface area contributed by atoms with Crippen molar-refractivity contribution in [3.63, 3.8) is 0 Å². The molecule has 0 bridgehead atoms. The van der Waals surface area contributed by atoms with Gasteiger partial charge in [-0.05, 0) is 79.1 Å². The molecule has 9 heteroatoms. The predicted molar refractivity (Wildman–Crippen MR) is 144 cm³/mol. The van der Waals surface area contributed by atoms with E-state index in [9.17, 15) is 9.36 Å². The van der Waals surface area contributed by atoms with E-state index >= 15 is 0 Å². The standard InChI is InChI=1S/C27H34N3O5P/c1-30(18-20-4-5-20)26-15-22(14-21-8-11-24(35-2)16-25(21)26)27(31)29-23-9-6-19(7-10-23)17-28-12-3-13-36(32,33)34/h6-11,14-16,20,28H,3-5,12-13,17-18H2,1-2H3,(H,29,31)(H2,32,33,34). The summed E-state index contributed by atoms with van der Waals surface area (Å²) < 4.78 is 16.3. The summed E-state index contributed by atoms with van der Waals surface area (Å²) in [5.74, 6) is 1.33. The number of benzene rings is 3. The van der Waals surface area contributed by atoms with Gasteiger partial charge in [0.2, 0.25) is 0 Å². The molecule has 1 aliphatic carbocycles. The number of hydrogen-bond donors (Lipinski definition) is 4. The minimum Gasteiger partial charge on any atom is -0.497 e. The van der Waals surface area contributed by atoms with Crippen LogP contribution >= 0.6 is 7.60 Å². The Morgan fingerprint density at radius 1 is 1.11 bits per heavy atom. The van der Waals surface area contributed by atoms with Crippen molar-refractivity contribution in [3.05, 3.63) is 65.7 Å². The SMILES string of the molecule is COc1ccc2cc(C(=O)Nc3ccc(CNCCCP(=O)(O)O)cc3)cc(N(C)CC3CC3)c2c1. The molecule has 1 saturated carbocycles. The maximum atomic E-state index is 13.2. The Morgan fingerprint density at radius 3 is 2.53 bits per heavy atom. The second-order valence-electron chi connectivity index (χ2n) is 9.48. The Balaban J connectivity index is 1.43. The highest BCUT2D eigenvalue weighted by Crippen LogP contribution is 2.36. The van der Waals surface area contributed by atoms with Gasteiger partial charge in [-0.25, -0.2) is 0 Å². The van der Waals surface area contributed by atoms with Gasteiger partial charge < -0.3 is 30.1 Å². The van der Waals surface area contributed by atoms with E-state index in [4.69, 9.17) is 14.5 Å². The van der Waals surface area contributed by atoms with Gasteiger partial charge in [0.1, 0.15) is 5.75 Å². The first kappa shape index (κ1) is 26.2. The molecule has 0 atom stereocenters. The van der Waals surface area contributed by atoms with Crippen LogP contribution in [0.1, 0.15) is 35.2 Å². The summed E-state index contributed by atoms with van der Waals surface area (Å²) in [5.41, 5.74) is 3.34. The largest absolute Gasteiger partial charge is 0.497 e. The van der Waals surface area contributed by atoms with Crippen molar-refractivity contribution in [1.82, 2.24) is 5.32 Å². The van der Waals surface area contributed by atoms with Crippen LogP contribution < -0.4 is 20.3 Å². The van der Waals surface area contributed by atoms with Gasteiger partial charge in [-0.15, -0.1) is 0 Å². The average molecular weight is 512 g/mol. The number of nitrogens with zero attached hydrogens (tertiary/aromatic N) is 1. The van der Waals surface area contributed by atoms with Crippen LogP contribution in [-0.4, -0.2) is 49.1 Å². The molecule has 0 radical (unpaired) electrons. The summed E-state index contributed by atoms with van der Waals surface area (Å²) in [5, 5.41) is 8.22. The molecule has 0 aliphatic heterocycles. The molecule has 8 nitrogen and oxygen atoms in total. The van der Waals surface area contributed by atoms with Crippen molar-refractivity contribution in [2.75, 3.05) is 43.6 Å². The fourth-order valence-electron chi connectivity index (χ4n) is 4.23. The Labute approximate surface area is 211 Å². The third-order valence-corrected chi connectivity index (χ3v) is 7.28. The quantitative estimate of drug-likeness (QED) is 0.208. The lowest BCUT2D eigenvalue weighted by Crippen LogP contribution is -2.21. The Hall–Kier alpha value is -2.90. The molecule has 192 valence electrons. The van der Waals surface area contributed by atoms with Gasteiger partial charge in [0.05, 0.1) is 13.3 Å². The zero-order chi connectivity index (χ0) is 25.7. The molecule has 1 aliphatic rings. The van der Waals surface area contributed by atoms with Crippen LogP contribution in [0.3, 0.4) is 0 Å². The summed E-state index contributed by atoms with van der Waals surface area (Å²) in [6, 6.07) is 17.3. The number of carbonyl (C=O) groups is 1. The van der Waals surface area contributed by atoms with Gasteiger partial charge in [-0.1, -0.05) is 18.2 Å². The molecule has 0 spiro atoms. The van der Waals surface area contributed by atoms with Gasteiger partial charge in [0.15, 0.2) is 0 Å². The fraction of sp³-hybridized carbons (Fsp3) is 0.370. The Bertz CT molecular complexity index is 1250. The van der Waals surface area contributed by atoms with Crippen molar-refractivity contribution in [1.29, 1.82) is 0 Å². The van der Waals surface area contributed by atoms with Crippen molar-refractivity contribution in [2.45, 2.75) is 25.8 Å². The molecule has 3 aromatic carbocycles. The number of nitrogens with one attached hydrogen (secondary N) is 2. The molecule has 4 rings (SSSR count). The maximum Gasteiger partial charge on any atom is 0.325 e. The van der Waals surface area contributed by atoms with Crippen LogP contribution in [0.2, 0.25) is 0 Å². The summed E-state index contributed by atoms with van der Waals surface area (Å²) in [4.78, 5) is 33.2. The van der Waals surface area contributed by atoms with Gasteiger partial charge in [-0.3, -0.25) is 9.36 Å². The van der Waals surface area contributed by atoms with E-state index in [-0.39, 0.29) is 12.1 Å². The number of methoxy groups -OCH3 is 1. The fourth-order valence-corrected chi connectivity index (χ4v) is 4.80. The van der Waals surface area contributed by atoms with E-state index < -0.39 is 7.60 Å². The van der Waals surface area contributed by atoms with Crippen molar-refractivity contribution in [3.8, 4) is 5.75 Å². The van der Waals surface area contributed by atoms with Crippen LogP contribution in [0.25, 0.3) is 10.8 Å². The minimum atomic E-state index is -3.94. The third-order valence-electron chi connectivity index (χ3n) is 6.39. The molecule has 0 aromatic heterocycles. The molecule has 3 aromatic rings. The first-order valence-corrected chi connectivity index (χ1v) is 14.0. The molecule has 1 fully saturated rings. The van der Waals surface area contributed by atoms with Gasteiger partial charge in [-0.2, -0.15) is 0 Å². The normalized spacial score (nSPS) is 13.6. The van der Waals surface area contributed by atoms with Crippen molar-refractivity contribution >= 4 is 35.7 Å². The highest BCUT2D eigenvalue weighted by molar-refractivity contribution is 7.51. The summed E-state index contributed by atoms with van der Waals surface area (Å²) in [6.45, 7) is 2.07. The molecule has 0 saturated heterocycles. The van der Waals surface area contributed by atoms with Crippen LogP contribution in [0, 0.1) is 5.92 Å². The first-order valence-electron chi connectivity index (χ1n) is 12.2. The third kappa shape index (κ3) is 7.31. The van der Waals surface area contributed by atoms with Crippen LogP contribution in [0.4, 0.5) is 11.4 Å². The smallest absolute Gasteiger partial charge is 0.325 e. The molecular formula is C27H34N3O5P. The number of anilines is 2. The number of carbonyl (C=O) groups excluding carboxylic acids is 1. The lowest BCUT2D eigenvalue weighted by Gasteiger charge is -2.22. The van der Waals surface area contributed by atoms with E-state index in [1.165, 1.54) is 12.8 Å². The molecule has 0 heterocycles. The second kappa shape index (κ2) is 11.4. The second-order valence-corrected chi connectivity index (χ2v) is 11.3. The van der Waals surface area contributed by atoms with Crippen molar-refractivity contribution < 1.29 is 23.9 Å². The monoisotopic (exact) mass is 511 g/mol. The zero-order valence-electron chi connectivity index (χ0n) is 20.7. The number of ether oxygens (including phenoxy) is 1. The van der Waals surface area contributed by atoms with Crippen LogP contribution in [0.5, 0.6) is 5.75 Å². The van der Waals surface area contributed by atoms with Gasteiger partial charge in [0, 0.05) is 42.5 Å². The first-order chi connectivity index (χ1) is 17.2. The highest BCUT2D eigenvalue weighted by atomic mass is 31.2. The lowest BCUT2D eigenvalue weighted by molar-refractivity contribution is 0.102. The average Bonchev–Trinajstić information content (AvgIpc) is 3.67. The minimum absolute atomic E-state index is 0.120. The van der Waals surface area contributed by atoms with E-state index in [0.29, 0.717) is 36.7 Å². The predicted octanol–water partition coefficient (Wildman–Crippen LogP) is 4.60. The van der Waals surface area contributed by atoms with E-state index in [2.05, 4.69) is 22.6 Å². The molecular weight excluding hydrogens is 477 g/mol. The molecule has 36 heavy (non-hydrogen) atoms. The number of amides is 1. The van der Waals surface area contributed by atoms with Crippen LogP contribution in [-0.2, 0) is 11.1 Å². The van der Waals surface area contributed by atoms with E-state index in [1.807, 2.05) is 54.6 Å². The summed E-state index contributed by atoms with van der Waals surface area (Å²) in [6.07, 6.45) is 2.80. The molecule has 0 unspecified atom stereocenters. The van der Waals surface area contributed by atoms with Gasteiger partial charge in [0.25, 0.3) is 5.91 Å². The van der Waals surface area contributed by atoms with Crippen LogP contribution in [0.15, 0.2) is 54.6 Å². The maximum absolute atomic E-state index is 13.2. The van der Waals surface area contributed by atoms with E-state index in [1.54, 1.807) is 7.11 Å². The van der Waals surface area contributed by atoms with E-state index in [0.717, 1.165) is 34.3 Å². The number of fused-ring (bicyclic) bond motifs is 1. The highest BCUT2D eigenvalue weighted by Gasteiger charge is 2.24. The lowest BCUT2D eigenvalue weighted by atomic mass is 10.0. The molecule has 1 amide bonds. The summed E-state index contributed by atoms with van der Waals surface area (Å²) >= 11 is 0.